The Morgan fingerprint density at radius 3 is 2.86 bits per heavy atom. The van der Waals surface area contributed by atoms with Gasteiger partial charge in [0.15, 0.2) is 5.82 Å². The van der Waals surface area contributed by atoms with E-state index in [1.165, 1.54) is 42.4 Å². The van der Waals surface area contributed by atoms with Gasteiger partial charge in [-0.3, -0.25) is 0 Å². The van der Waals surface area contributed by atoms with E-state index in [0.29, 0.717) is 0 Å². The number of hydrogen-bond donors (Lipinski definition) is 0. The van der Waals surface area contributed by atoms with Crippen molar-refractivity contribution < 1.29 is 0 Å². The fourth-order valence-electron chi connectivity index (χ4n) is 3.27. The summed E-state index contributed by atoms with van der Waals surface area (Å²) in [5, 5.41) is 10.2. The molecule has 0 aliphatic carbocycles. The fraction of sp³-hybridized carbons (Fsp3) is 0.412. The maximum absolute atomic E-state index is 4.45. The van der Waals surface area contributed by atoms with E-state index in [1.54, 1.807) is 0 Å². The van der Waals surface area contributed by atoms with E-state index in [-0.39, 0.29) is 0 Å². The Hall–Kier alpha value is -2.10. The van der Waals surface area contributed by atoms with E-state index in [0.717, 1.165) is 25.3 Å². The zero-order valence-electron chi connectivity index (χ0n) is 12.2. The van der Waals surface area contributed by atoms with Crippen molar-refractivity contribution in [1.82, 2.24) is 19.3 Å². The van der Waals surface area contributed by atoms with Crippen molar-refractivity contribution in [2.45, 2.75) is 45.2 Å². The second kappa shape index (κ2) is 5.35. The van der Waals surface area contributed by atoms with Gasteiger partial charge in [0.05, 0.1) is 6.54 Å². The molecule has 3 aromatic rings. The summed E-state index contributed by atoms with van der Waals surface area (Å²) in [6, 6.07) is 10.7. The van der Waals surface area contributed by atoms with Crippen LogP contribution in [0, 0.1) is 0 Å². The number of nitrogens with zero attached hydrogens (tertiary/aromatic N) is 4. The molecule has 0 unspecified atom stereocenters. The molecular weight excluding hydrogens is 260 g/mol. The van der Waals surface area contributed by atoms with E-state index in [1.807, 2.05) is 0 Å². The number of fused-ring (bicyclic) bond motifs is 2. The van der Waals surface area contributed by atoms with Crippen molar-refractivity contribution in [2.75, 3.05) is 0 Å². The number of aromatic nitrogens is 4. The summed E-state index contributed by atoms with van der Waals surface area (Å²) in [6.07, 6.45) is 8.34. The van der Waals surface area contributed by atoms with Gasteiger partial charge in [0, 0.05) is 24.7 Å². The molecule has 0 N–H and O–H groups in total. The quantitative estimate of drug-likeness (QED) is 0.721. The van der Waals surface area contributed by atoms with Crippen molar-refractivity contribution in [3.05, 3.63) is 48.2 Å². The first kappa shape index (κ1) is 12.6. The Morgan fingerprint density at radius 2 is 1.86 bits per heavy atom. The van der Waals surface area contributed by atoms with Gasteiger partial charge >= 0.3 is 0 Å². The monoisotopic (exact) mass is 280 g/mol. The lowest BCUT2D eigenvalue weighted by atomic mass is 10.1. The van der Waals surface area contributed by atoms with Crippen molar-refractivity contribution in [3.8, 4) is 0 Å². The van der Waals surface area contributed by atoms with Crippen LogP contribution in [0.1, 0.15) is 37.3 Å². The SMILES string of the molecule is c1ccc2c(c1)ccn2Cc1nnc2n1CCCCCC2. The van der Waals surface area contributed by atoms with Gasteiger partial charge in [-0.15, -0.1) is 10.2 Å². The van der Waals surface area contributed by atoms with E-state index < -0.39 is 0 Å². The molecule has 1 aromatic carbocycles. The molecule has 0 saturated heterocycles. The predicted octanol–water partition coefficient (Wildman–Crippen LogP) is 3.40. The van der Waals surface area contributed by atoms with Crippen molar-refractivity contribution in [3.63, 3.8) is 0 Å². The van der Waals surface area contributed by atoms with Crippen LogP contribution < -0.4 is 0 Å². The van der Waals surface area contributed by atoms with E-state index in [2.05, 4.69) is 55.9 Å². The largest absolute Gasteiger partial charge is 0.340 e. The minimum absolute atomic E-state index is 0.806. The molecular formula is C17H20N4. The lowest BCUT2D eigenvalue weighted by Crippen LogP contribution is -2.12. The average molecular weight is 280 g/mol. The molecule has 2 aromatic heterocycles. The van der Waals surface area contributed by atoms with Crippen molar-refractivity contribution >= 4 is 10.9 Å². The van der Waals surface area contributed by atoms with E-state index in [9.17, 15) is 0 Å². The summed E-state index contributed by atoms with van der Waals surface area (Å²) in [5.74, 6) is 2.26. The molecule has 0 fully saturated rings. The molecule has 0 atom stereocenters. The standard InChI is InChI=1S/C17H20N4/c1-2-6-11-21-16(9-3-1)18-19-17(21)13-20-12-10-14-7-4-5-8-15(14)20/h4-5,7-8,10,12H,1-3,6,9,11,13H2. The summed E-state index contributed by atoms with van der Waals surface area (Å²) in [7, 11) is 0. The number of benzene rings is 1. The van der Waals surface area contributed by atoms with Gasteiger partial charge in [-0.25, -0.2) is 0 Å². The van der Waals surface area contributed by atoms with Crippen LogP contribution in [0.3, 0.4) is 0 Å². The first-order chi connectivity index (χ1) is 10.4. The molecule has 4 rings (SSSR count). The second-order valence-corrected chi connectivity index (χ2v) is 5.85. The topological polar surface area (TPSA) is 35.6 Å². The highest BCUT2D eigenvalue weighted by Gasteiger charge is 2.14. The lowest BCUT2D eigenvalue weighted by Gasteiger charge is -2.14. The van der Waals surface area contributed by atoms with Gasteiger partial charge in [-0.1, -0.05) is 31.0 Å². The molecule has 0 amide bonds. The van der Waals surface area contributed by atoms with Crippen LogP contribution in [0.15, 0.2) is 36.5 Å². The zero-order chi connectivity index (χ0) is 14.1. The normalized spacial score (nSPS) is 15.6. The molecule has 4 nitrogen and oxygen atoms in total. The summed E-state index contributed by atoms with van der Waals surface area (Å²) in [6.45, 7) is 1.87. The highest BCUT2D eigenvalue weighted by molar-refractivity contribution is 5.79. The van der Waals surface area contributed by atoms with Gasteiger partial charge in [0.1, 0.15) is 5.82 Å². The van der Waals surface area contributed by atoms with E-state index >= 15 is 0 Å². The molecule has 0 spiro atoms. The summed E-state index contributed by atoms with van der Waals surface area (Å²) in [4.78, 5) is 0. The average Bonchev–Trinajstić information content (AvgIpc) is 3.04. The zero-order valence-corrected chi connectivity index (χ0v) is 12.2. The van der Waals surface area contributed by atoms with Crippen LogP contribution in [0.25, 0.3) is 10.9 Å². The third-order valence-electron chi connectivity index (χ3n) is 4.43. The maximum Gasteiger partial charge on any atom is 0.153 e. The second-order valence-electron chi connectivity index (χ2n) is 5.85. The molecule has 0 saturated carbocycles. The Balaban J connectivity index is 1.68. The molecule has 3 heterocycles. The third-order valence-corrected chi connectivity index (χ3v) is 4.43. The molecule has 0 bridgehead atoms. The van der Waals surface area contributed by atoms with Gasteiger partial charge < -0.3 is 9.13 Å². The maximum atomic E-state index is 4.45. The first-order valence-corrected chi connectivity index (χ1v) is 7.87. The molecule has 1 aliphatic rings. The molecule has 108 valence electrons. The number of rotatable bonds is 2. The molecule has 1 aliphatic heterocycles. The van der Waals surface area contributed by atoms with Gasteiger partial charge in [0.2, 0.25) is 0 Å². The molecule has 21 heavy (non-hydrogen) atoms. The van der Waals surface area contributed by atoms with Gasteiger partial charge in [-0.05, 0) is 30.4 Å². The minimum atomic E-state index is 0.806. The van der Waals surface area contributed by atoms with Crippen molar-refractivity contribution in [2.24, 2.45) is 0 Å². The van der Waals surface area contributed by atoms with Gasteiger partial charge in [0.25, 0.3) is 0 Å². The number of hydrogen-bond acceptors (Lipinski definition) is 2. The highest BCUT2D eigenvalue weighted by Crippen LogP contribution is 2.19. The Morgan fingerprint density at radius 1 is 0.952 bits per heavy atom. The Kier molecular flexibility index (Phi) is 3.22. The first-order valence-electron chi connectivity index (χ1n) is 7.87. The smallest absolute Gasteiger partial charge is 0.153 e. The van der Waals surface area contributed by atoms with Crippen LogP contribution in [0.5, 0.6) is 0 Å². The molecule has 4 heteroatoms. The fourth-order valence-corrected chi connectivity index (χ4v) is 3.27. The summed E-state index contributed by atoms with van der Waals surface area (Å²) >= 11 is 0. The van der Waals surface area contributed by atoms with Crippen LogP contribution in [-0.2, 0) is 19.5 Å². The third kappa shape index (κ3) is 2.35. The minimum Gasteiger partial charge on any atom is -0.340 e. The van der Waals surface area contributed by atoms with Crippen LogP contribution in [-0.4, -0.2) is 19.3 Å². The van der Waals surface area contributed by atoms with Crippen molar-refractivity contribution in [1.29, 1.82) is 0 Å². The van der Waals surface area contributed by atoms with Crippen LogP contribution in [0.2, 0.25) is 0 Å². The van der Waals surface area contributed by atoms with E-state index in [4.69, 9.17) is 0 Å². The Labute approximate surface area is 124 Å². The summed E-state index contributed by atoms with van der Waals surface area (Å²) < 4.78 is 4.61. The lowest BCUT2D eigenvalue weighted by molar-refractivity contribution is 0.501. The van der Waals surface area contributed by atoms with Crippen LogP contribution >= 0.6 is 0 Å². The predicted molar refractivity (Wildman–Crippen MR) is 83.2 cm³/mol. The summed E-state index contributed by atoms with van der Waals surface area (Å²) in [5.41, 5.74) is 1.26. The number of aryl methyl sites for hydroxylation is 1. The van der Waals surface area contributed by atoms with Crippen LogP contribution in [0.4, 0.5) is 0 Å². The molecule has 0 radical (unpaired) electrons. The van der Waals surface area contributed by atoms with Gasteiger partial charge in [-0.2, -0.15) is 0 Å². The highest BCUT2D eigenvalue weighted by atomic mass is 15.3. The number of para-hydroxylation sites is 1. The Bertz CT molecular complexity index is 753.